The van der Waals surface area contributed by atoms with Crippen LogP contribution in [0.15, 0.2) is 35.5 Å². The zero-order valence-electron chi connectivity index (χ0n) is 12.4. The first-order chi connectivity index (χ1) is 10.5. The van der Waals surface area contributed by atoms with E-state index >= 15 is 0 Å². The van der Waals surface area contributed by atoms with E-state index < -0.39 is 17.4 Å². The molecule has 0 aliphatic heterocycles. The lowest BCUT2D eigenvalue weighted by molar-refractivity contribution is -0.145. The molecule has 0 aromatic heterocycles. The summed E-state index contributed by atoms with van der Waals surface area (Å²) >= 11 is 2.02. The Balaban J connectivity index is 2.98. The van der Waals surface area contributed by atoms with Crippen LogP contribution < -0.4 is 0 Å². The van der Waals surface area contributed by atoms with Crippen molar-refractivity contribution in [1.29, 1.82) is 0 Å². The summed E-state index contributed by atoms with van der Waals surface area (Å²) in [5, 5.41) is 13.5. The molecule has 7 heteroatoms. The van der Waals surface area contributed by atoms with Gasteiger partial charge in [0.1, 0.15) is 5.41 Å². The van der Waals surface area contributed by atoms with Crippen LogP contribution in [0.4, 0.5) is 0 Å². The van der Waals surface area contributed by atoms with Crippen LogP contribution in [0, 0.1) is 5.41 Å². The molecule has 1 rings (SSSR count). The number of carboxylic acids is 1. The summed E-state index contributed by atoms with van der Waals surface area (Å²) in [7, 11) is 1.24. The van der Waals surface area contributed by atoms with E-state index in [2.05, 4.69) is 9.89 Å². The standard InChI is InChI=1S/C15H18INO5/c1-11(17-22-9-13(18)21-2)15(10-16,14(19)20)8-12-6-4-3-5-7-12/h3-7H,8-10H2,1-2H3,(H,19,20)/b17-11+. The van der Waals surface area contributed by atoms with Gasteiger partial charge in [-0.3, -0.25) is 4.79 Å². The lowest BCUT2D eigenvalue weighted by atomic mass is 9.80. The molecule has 0 aliphatic rings. The van der Waals surface area contributed by atoms with Crippen molar-refractivity contribution < 1.29 is 24.3 Å². The zero-order chi connectivity index (χ0) is 16.6. The number of halogens is 1. The second kappa shape index (κ2) is 8.72. The number of aliphatic carboxylic acids is 1. The van der Waals surface area contributed by atoms with Gasteiger partial charge in [-0.05, 0) is 18.9 Å². The van der Waals surface area contributed by atoms with Gasteiger partial charge < -0.3 is 14.7 Å². The third kappa shape index (κ3) is 4.69. The fourth-order valence-corrected chi connectivity index (χ4v) is 2.98. The number of carbonyl (C=O) groups is 2. The molecule has 0 saturated carbocycles. The fraction of sp³-hybridized carbons (Fsp3) is 0.400. The van der Waals surface area contributed by atoms with E-state index in [1.54, 1.807) is 6.92 Å². The Hall–Kier alpha value is -1.64. The van der Waals surface area contributed by atoms with Gasteiger partial charge in [-0.25, -0.2) is 4.79 Å². The second-order valence-electron chi connectivity index (χ2n) is 4.71. The summed E-state index contributed by atoms with van der Waals surface area (Å²) in [6.07, 6.45) is 0.295. The van der Waals surface area contributed by atoms with Gasteiger partial charge in [-0.15, -0.1) is 0 Å². The van der Waals surface area contributed by atoms with Crippen LogP contribution in [0.5, 0.6) is 0 Å². The smallest absolute Gasteiger partial charge is 0.346 e. The average Bonchev–Trinajstić information content (AvgIpc) is 2.52. The first-order valence-corrected chi connectivity index (χ1v) is 8.06. The van der Waals surface area contributed by atoms with Crippen molar-refractivity contribution in [2.24, 2.45) is 10.6 Å². The fourth-order valence-electron chi connectivity index (χ4n) is 1.83. The summed E-state index contributed by atoms with van der Waals surface area (Å²) in [6.45, 7) is 1.24. The van der Waals surface area contributed by atoms with Gasteiger partial charge >= 0.3 is 11.9 Å². The molecule has 0 aliphatic carbocycles. The molecule has 0 fully saturated rings. The molecule has 0 bridgehead atoms. The molecule has 1 N–H and O–H groups in total. The van der Waals surface area contributed by atoms with Gasteiger partial charge in [0.2, 0.25) is 6.61 Å². The third-order valence-electron chi connectivity index (χ3n) is 3.29. The van der Waals surface area contributed by atoms with Gasteiger partial charge in [0.15, 0.2) is 0 Å². The number of oxime groups is 1. The van der Waals surface area contributed by atoms with Crippen LogP contribution in [0.25, 0.3) is 0 Å². The maximum atomic E-state index is 11.8. The van der Waals surface area contributed by atoms with Crippen molar-refractivity contribution in [2.75, 3.05) is 18.1 Å². The highest BCUT2D eigenvalue weighted by Gasteiger charge is 2.41. The number of carbonyl (C=O) groups excluding carboxylic acids is 1. The second-order valence-corrected chi connectivity index (χ2v) is 5.47. The van der Waals surface area contributed by atoms with Crippen LogP contribution in [0.1, 0.15) is 12.5 Å². The molecule has 6 nitrogen and oxygen atoms in total. The summed E-state index contributed by atoms with van der Waals surface area (Å²) < 4.78 is 4.76. The minimum Gasteiger partial charge on any atom is -0.481 e. The lowest BCUT2D eigenvalue weighted by Gasteiger charge is -2.27. The van der Waals surface area contributed by atoms with Crippen molar-refractivity contribution in [3.05, 3.63) is 35.9 Å². The van der Waals surface area contributed by atoms with Crippen molar-refractivity contribution in [3.8, 4) is 0 Å². The topological polar surface area (TPSA) is 85.2 Å². The van der Waals surface area contributed by atoms with Crippen molar-refractivity contribution in [2.45, 2.75) is 13.3 Å². The van der Waals surface area contributed by atoms with E-state index in [0.29, 0.717) is 16.6 Å². The van der Waals surface area contributed by atoms with Crippen LogP contribution in [0.3, 0.4) is 0 Å². The maximum absolute atomic E-state index is 11.8. The number of carboxylic acid groups (broad SMARTS) is 1. The SMILES string of the molecule is COC(=O)CO/N=C(\C)C(CI)(Cc1ccccc1)C(=O)O. The number of nitrogens with zero attached hydrogens (tertiary/aromatic N) is 1. The number of rotatable bonds is 8. The number of methoxy groups -OCH3 is 1. The van der Waals surface area contributed by atoms with Crippen LogP contribution in [-0.2, 0) is 25.6 Å². The molecule has 1 unspecified atom stereocenters. The molecule has 0 spiro atoms. The highest BCUT2D eigenvalue weighted by molar-refractivity contribution is 14.1. The highest BCUT2D eigenvalue weighted by Crippen LogP contribution is 2.29. The monoisotopic (exact) mass is 419 g/mol. The van der Waals surface area contributed by atoms with Crippen molar-refractivity contribution in [3.63, 3.8) is 0 Å². The maximum Gasteiger partial charge on any atom is 0.346 e. The largest absolute Gasteiger partial charge is 0.481 e. The Bertz CT molecular complexity index is 546. The van der Waals surface area contributed by atoms with E-state index in [4.69, 9.17) is 4.84 Å². The molecule has 1 atom stereocenters. The molecule has 22 heavy (non-hydrogen) atoms. The molecular formula is C15H18INO5. The Morgan fingerprint density at radius 1 is 1.32 bits per heavy atom. The van der Waals surface area contributed by atoms with Gasteiger partial charge in [-0.2, -0.15) is 0 Å². The average molecular weight is 419 g/mol. The number of hydrogen-bond donors (Lipinski definition) is 1. The molecule has 0 heterocycles. The molecule has 1 aromatic carbocycles. The summed E-state index contributed by atoms with van der Waals surface area (Å²) in [4.78, 5) is 27.7. The van der Waals surface area contributed by atoms with Gasteiger partial charge in [0, 0.05) is 4.43 Å². The van der Waals surface area contributed by atoms with Crippen molar-refractivity contribution >= 4 is 40.2 Å². The number of hydrogen-bond acceptors (Lipinski definition) is 5. The quantitative estimate of drug-likeness (QED) is 0.230. The number of esters is 1. The number of benzene rings is 1. The van der Waals surface area contributed by atoms with E-state index in [9.17, 15) is 14.7 Å². The molecule has 0 saturated heterocycles. The predicted molar refractivity (Wildman–Crippen MR) is 90.2 cm³/mol. The summed E-state index contributed by atoms with van der Waals surface area (Å²) in [5.74, 6) is -1.55. The van der Waals surface area contributed by atoms with E-state index in [-0.39, 0.29) is 6.61 Å². The Kier molecular flexibility index (Phi) is 7.30. The van der Waals surface area contributed by atoms with E-state index in [1.807, 2.05) is 52.9 Å². The normalized spacial score (nSPS) is 14.0. The summed E-state index contributed by atoms with van der Waals surface area (Å²) in [5.41, 5.74) is 0.0177. The van der Waals surface area contributed by atoms with Crippen molar-refractivity contribution in [1.82, 2.24) is 0 Å². The highest BCUT2D eigenvalue weighted by atomic mass is 127. The van der Waals surface area contributed by atoms with Crippen LogP contribution in [0.2, 0.25) is 0 Å². The first-order valence-electron chi connectivity index (χ1n) is 6.53. The Morgan fingerprint density at radius 2 is 1.95 bits per heavy atom. The Labute approximate surface area is 142 Å². The predicted octanol–water partition coefficient (Wildman–Crippen LogP) is 2.30. The van der Waals surface area contributed by atoms with Gasteiger partial charge in [0.25, 0.3) is 0 Å². The third-order valence-corrected chi connectivity index (χ3v) is 4.59. The molecule has 0 radical (unpaired) electrons. The zero-order valence-corrected chi connectivity index (χ0v) is 14.6. The Morgan fingerprint density at radius 3 is 2.45 bits per heavy atom. The number of alkyl halides is 1. The summed E-state index contributed by atoms with van der Waals surface area (Å²) in [6, 6.07) is 9.32. The molecular weight excluding hydrogens is 401 g/mol. The number of ether oxygens (including phenoxy) is 1. The van der Waals surface area contributed by atoms with E-state index in [0.717, 1.165) is 5.56 Å². The van der Waals surface area contributed by atoms with Crippen LogP contribution in [-0.4, -0.2) is 40.9 Å². The lowest BCUT2D eigenvalue weighted by Crippen LogP contribution is -2.42. The minimum atomic E-state index is -1.18. The first kappa shape index (κ1) is 18.4. The molecule has 120 valence electrons. The minimum absolute atomic E-state index is 0.295. The molecule has 0 amide bonds. The van der Waals surface area contributed by atoms with E-state index in [1.165, 1.54) is 7.11 Å². The van der Waals surface area contributed by atoms with Gasteiger partial charge in [-0.1, -0.05) is 58.1 Å². The van der Waals surface area contributed by atoms with Crippen LogP contribution >= 0.6 is 22.6 Å². The molecule has 1 aromatic rings. The van der Waals surface area contributed by atoms with Gasteiger partial charge in [0.05, 0.1) is 12.8 Å².